The van der Waals surface area contributed by atoms with Crippen molar-refractivity contribution in [1.29, 1.82) is 0 Å². The molecule has 118 valence electrons. The van der Waals surface area contributed by atoms with Crippen LogP contribution in [0.5, 0.6) is 0 Å². The first-order chi connectivity index (χ1) is 11.1. The number of piperidine rings is 1. The summed E-state index contributed by atoms with van der Waals surface area (Å²) >= 11 is 0. The predicted octanol–water partition coefficient (Wildman–Crippen LogP) is 2.08. The molecule has 1 N–H and O–H groups in total. The Balaban J connectivity index is 1.74. The molecule has 0 spiro atoms. The quantitative estimate of drug-likeness (QED) is 0.938. The van der Waals surface area contributed by atoms with E-state index >= 15 is 0 Å². The molecule has 0 saturated carbocycles. The minimum absolute atomic E-state index is 0.170. The third-order valence-electron chi connectivity index (χ3n) is 4.00. The van der Waals surface area contributed by atoms with Crippen LogP contribution in [0.1, 0.15) is 23.2 Å². The van der Waals surface area contributed by atoms with Crippen molar-refractivity contribution < 1.29 is 14.7 Å². The van der Waals surface area contributed by atoms with Crippen molar-refractivity contribution in [2.24, 2.45) is 5.92 Å². The van der Waals surface area contributed by atoms with Gasteiger partial charge in [-0.1, -0.05) is 6.07 Å². The lowest BCUT2D eigenvalue weighted by Gasteiger charge is -2.30. The van der Waals surface area contributed by atoms with Crippen molar-refractivity contribution in [3.63, 3.8) is 0 Å². The van der Waals surface area contributed by atoms with Crippen molar-refractivity contribution in [3.8, 4) is 11.4 Å². The number of pyridine rings is 2. The molecular weight excluding hydrogens is 294 g/mol. The predicted molar refractivity (Wildman–Crippen MR) is 83.7 cm³/mol. The zero-order chi connectivity index (χ0) is 16.2. The van der Waals surface area contributed by atoms with Crippen LogP contribution in [0.25, 0.3) is 11.4 Å². The summed E-state index contributed by atoms with van der Waals surface area (Å²) in [7, 11) is 0. The number of carboxylic acids is 1. The fourth-order valence-electron chi connectivity index (χ4n) is 2.73. The van der Waals surface area contributed by atoms with Crippen molar-refractivity contribution in [2.45, 2.75) is 12.8 Å². The normalized spacial score (nSPS) is 17.7. The van der Waals surface area contributed by atoms with E-state index in [-0.39, 0.29) is 12.5 Å². The molecular formula is C17H17N3O3. The van der Waals surface area contributed by atoms with Gasteiger partial charge in [-0.25, -0.2) is 0 Å². The number of rotatable bonds is 3. The number of aliphatic carboxylic acids is 1. The van der Waals surface area contributed by atoms with Gasteiger partial charge >= 0.3 is 5.97 Å². The monoisotopic (exact) mass is 311 g/mol. The van der Waals surface area contributed by atoms with E-state index < -0.39 is 11.9 Å². The molecule has 1 atom stereocenters. The number of carboxylic acid groups (broad SMARTS) is 1. The van der Waals surface area contributed by atoms with E-state index in [2.05, 4.69) is 9.97 Å². The van der Waals surface area contributed by atoms with E-state index in [9.17, 15) is 9.59 Å². The van der Waals surface area contributed by atoms with Gasteiger partial charge in [0.25, 0.3) is 5.91 Å². The number of nitrogens with zero attached hydrogens (tertiary/aromatic N) is 3. The largest absolute Gasteiger partial charge is 0.481 e. The minimum Gasteiger partial charge on any atom is -0.481 e. The molecule has 3 rings (SSSR count). The van der Waals surface area contributed by atoms with Crippen LogP contribution in [-0.2, 0) is 4.79 Å². The maximum absolute atomic E-state index is 12.5. The van der Waals surface area contributed by atoms with Crippen molar-refractivity contribution in [3.05, 3.63) is 48.3 Å². The molecule has 6 nitrogen and oxygen atoms in total. The van der Waals surface area contributed by atoms with E-state index in [1.165, 1.54) is 6.20 Å². The maximum atomic E-state index is 12.5. The SMILES string of the molecule is O=C(O)C1CCCN(C(=O)c2ccc(-c3ccccn3)nc2)C1. The summed E-state index contributed by atoms with van der Waals surface area (Å²) in [6.07, 6.45) is 4.55. The van der Waals surface area contributed by atoms with Gasteiger partial charge < -0.3 is 10.0 Å². The van der Waals surface area contributed by atoms with E-state index in [0.29, 0.717) is 30.6 Å². The van der Waals surface area contributed by atoms with Gasteiger partial charge in [0.05, 0.1) is 22.9 Å². The number of hydrogen-bond acceptors (Lipinski definition) is 4. The first-order valence-corrected chi connectivity index (χ1v) is 7.54. The van der Waals surface area contributed by atoms with Crippen LogP contribution in [0.3, 0.4) is 0 Å². The van der Waals surface area contributed by atoms with Gasteiger partial charge in [0.1, 0.15) is 0 Å². The Morgan fingerprint density at radius 3 is 2.61 bits per heavy atom. The van der Waals surface area contributed by atoms with E-state index in [4.69, 9.17) is 5.11 Å². The number of hydrogen-bond donors (Lipinski definition) is 1. The molecule has 0 radical (unpaired) electrons. The maximum Gasteiger partial charge on any atom is 0.308 e. The summed E-state index contributed by atoms with van der Waals surface area (Å²) in [5, 5.41) is 9.11. The Morgan fingerprint density at radius 2 is 1.96 bits per heavy atom. The molecule has 2 aromatic rings. The lowest BCUT2D eigenvalue weighted by molar-refractivity contribution is -0.143. The Bertz CT molecular complexity index is 701. The van der Waals surface area contributed by atoms with Gasteiger partial charge in [0.2, 0.25) is 0 Å². The second kappa shape index (κ2) is 6.56. The molecule has 0 aromatic carbocycles. The molecule has 2 aromatic heterocycles. The summed E-state index contributed by atoms with van der Waals surface area (Å²) in [4.78, 5) is 33.7. The van der Waals surface area contributed by atoms with E-state index in [1.54, 1.807) is 23.2 Å². The van der Waals surface area contributed by atoms with E-state index in [1.807, 2.05) is 18.2 Å². The molecule has 3 heterocycles. The van der Waals surface area contributed by atoms with Gasteiger partial charge in [-0.05, 0) is 37.1 Å². The Hall–Kier alpha value is -2.76. The third kappa shape index (κ3) is 3.36. The topological polar surface area (TPSA) is 83.4 Å². The number of carbonyl (C=O) groups excluding carboxylic acids is 1. The number of carbonyl (C=O) groups is 2. The van der Waals surface area contributed by atoms with Gasteiger partial charge in [-0.2, -0.15) is 0 Å². The van der Waals surface area contributed by atoms with Crippen LogP contribution in [0.4, 0.5) is 0 Å². The summed E-state index contributed by atoms with van der Waals surface area (Å²) in [5.74, 6) is -1.49. The van der Waals surface area contributed by atoms with Crippen LogP contribution in [0, 0.1) is 5.92 Å². The molecule has 1 unspecified atom stereocenters. The molecule has 6 heteroatoms. The Morgan fingerprint density at radius 1 is 1.13 bits per heavy atom. The fourth-order valence-corrected chi connectivity index (χ4v) is 2.73. The zero-order valence-electron chi connectivity index (χ0n) is 12.6. The van der Waals surface area contributed by atoms with Crippen LogP contribution >= 0.6 is 0 Å². The second-order valence-corrected chi connectivity index (χ2v) is 5.58. The molecule has 1 aliphatic heterocycles. The fraction of sp³-hybridized carbons (Fsp3) is 0.294. The molecule has 1 aliphatic rings. The lowest BCUT2D eigenvalue weighted by atomic mass is 9.98. The minimum atomic E-state index is -0.842. The second-order valence-electron chi connectivity index (χ2n) is 5.58. The van der Waals surface area contributed by atoms with Gasteiger partial charge in [-0.3, -0.25) is 19.6 Å². The standard InChI is InChI=1S/C17H17N3O3/c21-16(20-9-3-4-13(11-20)17(22)23)12-6-7-15(19-10-12)14-5-1-2-8-18-14/h1-2,5-8,10,13H,3-4,9,11H2,(H,22,23). The van der Waals surface area contributed by atoms with Crippen LogP contribution < -0.4 is 0 Å². The highest BCUT2D eigenvalue weighted by Crippen LogP contribution is 2.20. The number of likely N-dealkylation sites (tertiary alicyclic amines) is 1. The summed E-state index contributed by atoms with van der Waals surface area (Å²) < 4.78 is 0. The van der Waals surface area contributed by atoms with Crippen LogP contribution in [0.2, 0.25) is 0 Å². The van der Waals surface area contributed by atoms with Crippen molar-refractivity contribution in [1.82, 2.24) is 14.9 Å². The smallest absolute Gasteiger partial charge is 0.308 e. The van der Waals surface area contributed by atoms with Gasteiger partial charge in [-0.15, -0.1) is 0 Å². The average molecular weight is 311 g/mol. The first kappa shape index (κ1) is 15.1. The molecule has 23 heavy (non-hydrogen) atoms. The average Bonchev–Trinajstić information content (AvgIpc) is 2.62. The summed E-state index contributed by atoms with van der Waals surface area (Å²) in [6.45, 7) is 0.848. The highest BCUT2D eigenvalue weighted by atomic mass is 16.4. The molecule has 1 amide bonds. The van der Waals surface area contributed by atoms with Crippen molar-refractivity contribution >= 4 is 11.9 Å². The van der Waals surface area contributed by atoms with Crippen LogP contribution in [-0.4, -0.2) is 44.9 Å². The molecule has 0 bridgehead atoms. The number of amides is 1. The first-order valence-electron chi connectivity index (χ1n) is 7.54. The third-order valence-corrected chi connectivity index (χ3v) is 4.00. The number of aromatic nitrogens is 2. The van der Waals surface area contributed by atoms with Crippen LogP contribution in [0.15, 0.2) is 42.7 Å². The van der Waals surface area contributed by atoms with Gasteiger partial charge in [0, 0.05) is 25.5 Å². The van der Waals surface area contributed by atoms with E-state index in [0.717, 1.165) is 5.69 Å². The van der Waals surface area contributed by atoms with Crippen molar-refractivity contribution in [2.75, 3.05) is 13.1 Å². The highest BCUT2D eigenvalue weighted by molar-refractivity contribution is 5.94. The molecule has 1 fully saturated rings. The van der Waals surface area contributed by atoms with Gasteiger partial charge in [0.15, 0.2) is 0 Å². The zero-order valence-corrected chi connectivity index (χ0v) is 12.6. The Labute approximate surface area is 133 Å². The lowest BCUT2D eigenvalue weighted by Crippen LogP contribution is -2.42. The Kier molecular flexibility index (Phi) is 4.32. The molecule has 1 saturated heterocycles. The highest BCUT2D eigenvalue weighted by Gasteiger charge is 2.28. The summed E-state index contributed by atoms with van der Waals surface area (Å²) in [6, 6.07) is 9.03. The molecule has 0 aliphatic carbocycles. The summed E-state index contributed by atoms with van der Waals surface area (Å²) in [5.41, 5.74) is 1.91.